The predicted octanol–water partition coefficient (Wildman–Crippen LogP) is 2.92. The van der Waals surface area contributed by atoms with E-state index in [1.165, 1.54) is 18.2 Å². The zero-order valence-electron chi connectivity index (χ0n) is 10.0. The number of nitro benzene ring substituents is 1. The van der Waals surface area contributed by atoms with Crippen molar-refractivity contribution < 1.29 is 9.66 Å². The van der Waals surface area contributed by atoms with Gasteiger partial charge in [0.05, 0.1) is 4.92 Å². The van der Waals surface area contributed by atoms with Gasteiger partial charge in [-0.3, -0.25) is 10.1 Å². The minimum atomic E-state index is -0.592. The third-order valence-electron chi connectivity index (χ3n) is 2.14. The summed E-state index contributed by atoms with van der Waals surface area (Å²) in [5, 5.41) is 13.2. The molecule has 0 atom stereocenters. The van der Waals surface area contributed by atoms with Crippen LogP contribution in [0.1, 0.15) is 0 Å². The van der Waals surface area contributed by atoms with Crippen molar-refractivity contribution in [1.82, 2.24) is 15.0 Å². The van der Waals surface area contributed by atoms with Gasteiger partial charge in [-0.25, -0.2) is 0 Å². The van der Waals surface area contributed by atoms with Gasteiger partial charge in [-0.05, 0) is 17.7 Å². The molecule has 0 aliphatic heterocycles. The van der Waals surface area contributed by atoms with E-state index in [1.807, 2.05) is 0 Å². The Kier molecular flexibility index (Phi) is 4.16. The second-order valence-electron chi connectivity index (χ2n) is 3.43. The van der Waals surface area contributed by atoms with Gasteiger partial charge in [0, 0.05) is 19.2 Å². The molecule has 0 radical (unpaired) electrons. The van der Waals surface area contributed by atoms with Crippen LogP contribution in [0.4, 0.5) is 11.6 Å². The number of nitro groups is 1. The van der Waals surface area contributed by atoms with Crippen molar-refractivity contribution in [3.8, 4) is 11.8 Å². The summed E-state index contributed by atoms with van der Waals surface area (Å²) in [6, 6.07) is 3.83. The van der Waals surface area contributed by atoms with Crippen LogP contribution < -0.4 is 10.1 Å². The molecule has 2 rings (SSSR count). The van der Waals surface area contributed by atoms with E-state index < -0.39 is 4.92 Å². The van der Waals surface area contributed by atoms with E-state index in [0.717, 1.165) is 0 Å². The molecular formula is C10H7Cl2N5O3. The van der Waals surface area contributed by atoms with Crippen LogP contribution in [0.15, 0.2) is 18.2 Å². The molecule has 10 heteroatoms. The topological polar surface area (TPSA) is 103 Å². The summed E-state index contributed by atoms with van der Waals surface area (Å²) >= 11 is 11.5. The Bertz CT molecular complexity index is 667. The van der Waals surface area contributed by atoms with E-state index in [9.17, 15) is 10.1 Å². The Morgan fingerprint density at radius 3 is 2.65 bits per heavy atom. The summed E-state index contributed by atoms with van der Waals surface area (Å²) in [5.74, 6) is 0.470. The van der Waals surface area contributed by atoms with Crippen LogP contribution >= 0.6 is 23.2 Å². The van der Waals surface area contributed by atoms with Gasteiger partial charge >= 0.3 is 6.01 Å². The normalized spacial score (nSPS) is 10.2. The molecule has 1 aromatic heterocycles. The van der Waals surface area contributed by atoms with Crippen molar-refractivity contribution in [1.29, 1.82) is 0 Å². The molecule has 1 heterocycles. The minimum absolute atomic E-state index is 0.0487. The third-order valence-corrected chi connectivity index (χ3v) is 2.61. The van der Waals surface area contributed by atoms with Crippen molar-refractivity contribution in [2.45, 2.75) is 0 Å². The number of ether oxygens (including phenoxy) is 1. The molecule has 1 aromatic carbocycles. The van der Waals surface area contributed by atoms with E-state index in [2.05, 4.69) is 20.3 Å². The van der Waals surface area contributed by atoms with Crippen molar-refractivity contribution >= 4 is 34.8 Å². The van der Waals surface area contributed by atoms with Crippen molar-refractivity contribution in [3.05, 3.63) is 38.6 Å². The van der Waals surface area contributed by atoms with E-state index in [1.54, 1.807) is 7.05 Å². The lowest BCUT2D eigenvalue weighted by atomic mass is 10.3. The monoisotopic (exact) mass is 315 g/mol. The zero-order valence-corrected chi connectivity index (χ0v) is 11.5. The highest BCUT2D eigenvalue weighted by molar-refractivity contribution is 6.32. The molecule has 104 valence electrons. The van der Waals surface area contributed by atoms with Gasteiger partial charge in [-0.1, -0.05) is 11.6 Å². The zero-order chi connectivity index (χ0) is 14.7. The Morgan fingerprint density at radius 2 is 2.05 bits per heavy atom. The lowest BCUT2D eigenvalue weighted by Crippen LogP contribution is -2.01. The van der Waals surface area contributed by atoms with Gasteiger partial charge in [0.25, 0.3) is 5.69 Å². The van der Waals surface area contributed by atoms with Gasteiger partial charge in [-0.2, -0.15) is 15.0 Å². The first-order valence-electron chi connectivity index (χ1n) is 5.20. The Morgan fingerprint density at radius 1 is 1.30 bits per heavy atom. The van der Waals surface area contributed by atoms with Gasteiger partial charge in [0.2, 0.25) is 11.2 Å². The van der Waals surface area contributed by atoms with Gasteiger partial charge in [-0.15, -0.1) is 0 Å². The van der Waals surface area contributed by atoms with Crippen LogP contribution in [0.3, 0.4) is 0 Å². The highest BCUT2D eigenvalue weighted by Crippen LogP contribution is 2.30. The summed E-state index contributed by atoms with van der Waals surface area (Å²) in [5.41, 5.74) is -0.219. The fraction of sp³-hybridized carbons (Fsp3) is 0.100. The fourth-order valence-corrected chi connectivity index (χ4v) is 1.69. The largest absolute Gasteiger partial charge is 0.424 e. The number of hydrogen-bond acceptors (Lipinski definition) is 7. The molecule has 0 amide bonds. The smallest absolute Gasteiger partial charge is 0.328 e. The average Bonchev–Trinajstić information content (AvgIpc) is 2.37. The molecule has 0 saturated carbocycles. The fourth-order valence-electron chi connectivity index (χ4n) is 1.29. The Hall–Kier alpha value is -2.19. The van der Waals surface area contributed by atoms with Crippen molar-refractivity contribution in [2.24, 2.45) is 0 Å². The van der Waals surface area contributed by atoms with E-state index in [-0.39, 0.29) is 33.7 Å². The number of aromatic nitrogens is 3. The van der Waals surface area contributed by atoms with Gasteiger partial charge in [0.15, 0.2) is 0 Å². The maximum absolute atomic E-state index is 10.6. The van der Waals surface area contributed by atoms with Gasteiger partial charge < -0.3 is 10.1 Å². The summed E-state index contributed by atoms with van der Waals surface area (Å²) < 4.78 is 5.32. The molecular weight excluding hydrogens is 309 g/mol. The second-order valence-corrected chi connectivity index (χ2v) is 4.18. The maximum Gasteiger partial charge on any atom is 0.328 e. The molecule has 0 unspecified atom stereocenters. The van der Waals surface area contributed by atoms with Crippen molar-refractivity contribution in [3.63, 3.8) is 0 Å². The molecule has 0 saturated heterocycles. The number of hydrogen-bond donors (Lipinski definition) is 1. The minimum Gasteiger partial charge on any atom is -0.424 e. The molecule has 8 nitrogen and oxygen atoms in total. The van der Waals surface area contributed by atoms with Crippen LogP contribution in [0.2, 0.25) is 10.3 Å². The number of nitrogens with zero attached hydrogens (tertiary/aromatic N) is 4. The molecule has 0 spiro atoms. The summed E-state index contributed by atoms with van der Waals surface area (Å²) in [6.45, 7) is 0. The van der Waals surface area contributed by atoms with E-state index in [0.29, 0.717) is 0 Å². The summed E-state index contributed by atoms with van der Waals surface area (Å²) in [4.78, 5) is 21.5. The van der Waals surface area contributed by atoms with E-state index in [4.69, 9.17) is 27.9 Å². The molecule has 0 aliphatic carbocycles. The van der Waals surface area contributed by atoms with Crippen LogP contribution in [0.5, 0.6) is 11.8 Å². The SMILES string of the molecule is CNc1nc(Cl)nc(Oc2ccc([N+](=O)[O-])c(Cl)c2)n1. The molecule has 0 aliphatic rings. The number of rotatable bonds is 4. The Balaban J connectivity index is 2.28. The van der Waals surface area contributed by atoms with Gasteiger partial charge in [0.1, 0.15) is 10.8 Å². The third kappa shape index (κ3) is 3.22. The Labute approximate surface area is 122 Å². The highest BCUT2D eigenvalue weighted by atomic mass is 35.5. The van der Waals surface area contributed by atoms with Crippen LogP contribution in [0.25, 0.3) is 0 Å². The lowest BCUT2D eigenvalue weighted by Gasteiger charge is -2.05. The molecule has 2 aromatic rings. The first-order valence-corrected chi connectivity index (χ1v) is 5.96. The average molecular weight is 316 g/mol. The van der Waals surface area contributed by atoms with E-state index >= 15 is 0 Å². The second kappa shape index (κ2) is 5.85. The number of nitrogens with one attached hydrogen (secondary N) is 1. The highest BCUT2D eigenvalue weighted by Gasteiger charge is 2.14. The van der Waals surface area contributed by atoms with Crippen LogP contribution in [-0.4, -0.2) is 26.9 Å². The quantitative estimate of drug-likeness (QED) is 0.683. The van der Waals surface area contributed by atoms with Crippen LogP contribution in [-0.2, 0) is 0 Å². The standard InChI is InChI=1S/C10H7Cl2N5O3/c1-13-9-14-8(12)15-10(16-9)20-5-2-3-7(17(18)19)6(11)4-5/h2-4H,1H3,(H,13,14,15,16). The summed E-state index contributed by atoms with van der Waals surface area (Å²) in [6.07, 6.45) is 0. The first kappa shape index (κ1) is 14.2. The summed E-state index contributed by atoms with van der Waals surface area (Å²) in [7, 11) is 1.61. The first-order chi connectivity index (χ1) is 9.49. The predicted molar refractivity (Wildman–Crippen MR) is 72.6 cm³/mol. The van der Waals surface area contributed by atoms with Crippen LogP contribution in [0, 0.1) is 10.1 Å². The number of anilines is 1. The van der Waals surface area contributed by atoms with Crippen molar-refractivity contribution in [2.75, 3.05) is 12.4 Å². The number of halogens is 2. The molecule has 20 heavy (non-hydrogen) atoms. The molecule has 0 bridgehead atoms. The maximum atomic E-state index is 10.6. The molecule has 0 fully saturated rings. The number of benzene rings is 1. The lowest BCUT2D eigenvalue weighted by molar-refractivity contribution is -0.384. The molecule has 1 N–H and O–H groups in total.